The number of rotatable bonds is 7. The second kappa shape index (κ2) is 6.64. The van der Waals surface area contributed by atoms with Crippen molar-refractivity contribution in [3.63, 3.8) is 0 Å². The van der Waals surface area contributed by atoms with Gasteiger partial charge in [-0.1, -0.05) is 6.42 Å². The molecule has 0 atom stereocenters. The van der Waals surface area contributed by atoms with Crippen LogP contribution in [-0.4, -0.2) is 37.3 Å². The summed E-state index contributed by atoms with van der Waals surface area (Å²) in [6.07, 6.45) is 5.89. The minimum Gasteiger partial charge on any atom is -0.508 e. The van der Waals surface area contributed by atoms with Crippen LogP contribution in [-0.2, 0) is 6.42 Å². The lowest BCUT2D eigenvalue weighted by atomic mass is 10.0. The molecule has 0 aromatic heterocycles. The van der Waals surface area contributed by atoms with E-state index in [1.54, 1.807) is 18.2 Å². The van der Waals surface area contributed by atoms with Crippen LogP contribution in [0.15, 0.2) is 18.2 Å². The Hall–Kier alpha value is -1.22. The molecule has 0 bridgehead atoms. The number of benzene rings is 1. The lowest BCUT2D eigenvalue weighted by Gasteiger charge is -2.23. The lowest BCUT2D eigenvalue weighted by Crippen LogP contribution is -2.35. The largest absolute Gasteiger partial charge is 0.508 e. The minimum absolute atomic E-state index is 0.309. The third kappa shape index (κ3) is 5.92. The normalized spacial score (nSPS) is 11.7. The van der Waals surface area contributed by atoms with Crippen molar-refractivity contribution in [1.29, 1.82) is 0 Å². The molecule has 0 aliphatic heterocycles. The average molecular weight is 251 g/mol. The van der Waals surface area contributed by atoms with E-state index in [-0.39, 0.29) is 0 Å². The zero-order valence-electron chi connectivity index (χ0n) is 11.9. The van der Waals surface area contributed by atoms with Gasteiger partial charge in [0.05, 0.1) is 27.7 Å². The quantitative estimate of drug-likeness (QED) is 0.339. The monoisotopic (exact) mass is 251 g/mol. The molecule has 1 aromatic rings. The highest BCUT2D eigenvalue weighted by Crippen LogP contribution is 2.20. The number of unbranched alkanes of at least 4 members (excludes halogenated alkanes) is 3. The zero-order valence-corrected chi connectivity index (χ0v) is 11.9. The van der Waals surface area contributed by atoms with Crippen LogP contribution in [0.3, 0.4) is 0 Å². The van der Waals surface area contributed by atoms with Gasteiger partial charge in [0.25, 0.3) is 0 Å². The number of quaternary nitrogens is 1. The SMILES string of the molecule is C[N+](C)(C)CCCCCCc1cc(O)ccc1N. The molecule has 0 fully saturated rings. The standard InChI is InChI=1S/C15H26N2O/c1-17(2,3)11-7-5-4-6-8-13-12-14(18)9-10-15(13)16/h9-10,12H,4-8,11,16H2,1-3H3/p+1. The van der Waals surface area contributed by atoms with Gasteiger partial charge in [0.1, 0.15) is 5.75 Å². The van der Waals surface area contributed by atoms with E-state index < -0.39 is 0 Å². The topological polar surface area (TPSA) is 46.2 Å². The average Bonchev–Trinajstić information content (AvgIpc) is 2.26. The molecule has 0 aliphatic rings. The summed E-state index contributed by atoms with van der Waals surface area (Å²) in [7, 11) is 6.69. The summed E-state index contributed by atoms with van der Waals surface area (Å²) < 4.78 is 1.04. The van der Waals surface area contributed by atoms with E-state index in [0.29, 0.717) is 5.75 Å². The Morgan fingerprint density at radius 2 is 1.72 bits per heavy atom. The van der Waals surface area contributed by atoms with Gasteiger partial charge >= 0.3 is 0 Å². The first kappa shape index (κ1) is 14.8. The summed E-state index contributed by atoms with van der Waals surface area (Å²) in [5, 5.41) is 9.41. The maximum atomic E-state index is 9.41. The molecule has 3 nitrogen and oxygen atoms in total. The number of aromatic hydroxyl groups is 1. The van der Waals surface area contributed by atoms with E-state index in [4.69, 9.17) is 5.73 Å². The van der Waals surface area contributed by atoms with Gasteiger partial charge in [0.2, 0.25) is 0 Å². The Morgan fingerprint density at radius 1 is 1.06 bits per heavy atom. The maximum Gasteiger partial charge on any atom is 0.116 e. The molecule has 3 N–H and O–H groups in total. The van der Waals surface area contributed by atoms with Crippen LogP contribution in [0.4, 0.5) is 5.69 Å². The summed E-state index contributed by atoms with van der Waals surface area (Å²) in [6, 6.07) is 5.20. The molecule has 0 amide bonds. The van der Waals surface area contributed by atoms with Gasteiger partial charge in [-0.05, 0) is 49.4 Å². The van der Waals surface area contributed by atoms with Crippen molar-refractivity contribution in [2.24, 2.45) is 0 Å². The lowest BCUT2D eigenvalue weighted by molar-refractivity contribution is -0.870. The molecule has 1 rings (SSSR count). The Balaban J connectivity index is 2.20. The van der Waals surface area contributed by atoms with Crippen LogP contribution < -0.4 is 5.73 Å². The summed E-state index contributed by atoms with van der Waals surface area (Å²) in [5.74, 6) is 0.309. The number of phenolic OH excluding ortho intramolecular Hbond substituents is 1. The van der Waals surface area contributed by atoms with E-state index in [2.05, 4.69) is 21.1 Å². The third-order valence-corrected chi connectivity index (χ3v) is 3.15. The predicted octanol–water partition coefficient (Wildman–Crippen LogP) is 2.78. The summed E-state index contributed by atoms with van der Waals surface area (Å²) in [6.45, 7) is 1.23. The van der Waals surface area contributed by atoms with E-state index >= 15 is 0 Å². The molecule has 0 unspecified atom stereocenters. The Morgan fingerprint density at radius 3 is 2.39 bits per heavy atom. The highest BCUT2D eigenvalue weighted by molar-refractivity contribution is 5.50. The second-order valence-corrected chi connectivity index (χ2v) is 6.06. The van der Waals surface area contributed by atoms with Gasteiger partial charge in [-0.25, -0.2) is 0 Å². The fraction of sp³-hybridized carbons (Fsp3) is 0.600. The van der Waals surface area contributed by atoms with E-state index in [1.165, 1.54) is 25.8 Å². The fourth-order valence-electron chi connectivity index (χ4n) is 2.06. The predicted molar refractivity (Wildman–Crippen MR) is 77.6 cm³/mol. The van der Waals surface area contributed by atoms with Crippen LogP contribution >= 0.6 is 0 Å². The molecule has 0 saturated carbocycles. The fourth-order valence-corrected chi connectivity index (χ4v) is 2.06. The van der Waals surface area contributed by atoms with Gasteiger partial charge in [-0.15, -0.1) is 0 Å². The van der Waals surface area contributed by atoms with Crippen LogP contribution in [0.1, 0.15) is 31.2 Å². The zero-order chi connectivity index (χ0) is 13.6. The van der Waals surface area contributed by atoms with Crippen LogP contribution in [0.2, 0.25) is 0 Å². The number of anilines is 1. The first-order valence-corrected chi connectivity index (χ1v) is 6.76. The van der Waals surface area contributed by atoms with Gasteiger partial charge in [0.15, 0.2) is 0 Å². The van der Waals surface area contributed by atoms with Crippen molar-refractivity contribution in [2.75, 3.05) is 33.4 Å². The van der Waals surface area contributed by atoms with Crippen molar-refractivity contribution in [1.82, 2.24) is 0 Å². The first-order chi connectivity index (χ1) is 8.38. The molecule has 0 heterocycles. The maximum absolute atomic E-state index is 9.41. The van der Waals surface area contributed by atoms with Gasteiger partial charge in [-0.2, -0.15) is 0 Å². The van der Waals surface area contributed by atoms with Crippen molar-refractivity contribution >= 4 is 5.69 Å². The number of nitrogens with zero attached hydrogens (tertiary/aromatic N) is 1. The molecule has 18 heavy (non-hydrogen) atoms. The smallest absolute Gasteiger partial charge is 0.116 e. The molecule has 0 radical (unpaired) electrons. The van der Waals surface area contributed by atoms with Crippen molar-refractivity contribution in [3.05, 3.63) is 23.8 Å². The molecule has 3 heteroatoms. The van der Waals surface area contributed by atoms with Gasteiger partial charge < -0.3 is 15.3 Å². The van der Waals surface area contributed by atoms with Crippen LogP contribution in [0.5, 0.6) is 5.75 Å². The van der Waals surface area contributed by atoms with Crippen molar-refractivity contribution in [2.45, 2.75) is 32.1 Å². The number of hydrogen-bond acceptors (Lipinski definition) is 2. The first-order valence-electron chi connectivity index (χ1n) is 6.76. The van der Waals surface area contributed by atoms with E-state index in [1.807, 2.05) is 0 Å². The third-order valence-electron chi connectivity index (χ3n) is 3.15. The summed E-state index contributed by atoms with van der Waals surface area (Å²) in [5.41, 5.74) is 7.74. The molecule has 1 aromatic carbocycles. The van der Waals surface area contributed by atoms with Crippen molar-refractivity contribution in [3.8, 4) is 5.75 Å². The molecule has 0 aliphatic carbocycles. The molecule has 0 spiro atoms. The Kier molecular flexibility index (Phi) is 5.48. The Labute approximate surface area is 111 Å². The number of phenols is 1. The van der Waals surface area contributed by atoms with Gasteiger partial charge in [-0.3, -0.25) is 0 Å². The van der Waals surface area contributed by atoms with Gasteiger partial charge in [0, 0.05) is 5.69 Å². The summed E-state index contributed by atoms with van der Waals surface area (Å²) in [4.78, 5) is 0. The molecule has 102 valence electrons. The van der Waals surface area contributed by atoms with E-state index in [9.17, 15) is 5.11 Å². The van der Waals surface area contributed by atoms with Crippen LogP contribution in [0.25, 0.3) is 0 Å². The number of nitrogens with two attached hydrogens (primary N) is 1. The highest BCUT2D eigenvalue weighted by Gasteiger charge is 2.05. The van der Waals surface area contributed by atoms with Crippen molar-refractivity contribution < 1.29 is 9.59 Å². The minimum atomic E-state index is 0.309. The second-order valence-electron chi connectivity index (χ2n) is 6.06. The molecular weight excluding hydrogens is 224 g/mol. The molecular formula is C15H27N2O+. The number of aryl methyl sites for hydroxylation is 1. The Bertz CT molecular complexity index is 369. The summed E-state index contributed by atoms with van der Waals surface area (Å²) >= 11 is 0. The number of nitrogen functional groups attached to an aromatic ring is 1. The van der Waals surface area contributed by atoms with E-state index in [0.717, 1.165) is 28.6 Å². The highest BCUT2D eigenvalue weighted by atomic mass is 16.3. The number of hydrogen-bond donors (Lipinski definition) is 2. The molecule has 0 saturated heterocycles. The van der Waals surface area contributed by atoms with Crippen LogP contribution in [0, 0.1) is 0 Å².